The normalized spacial score (nSPS) is 28.7. The zero-order valence-corrected chi connectivity index (χ0v) is 19.3. The maximum atomic E-state index is 10.5. The summed E-state index contributed by atoms with van der Waals surface area (Å²) in [6, 6.07) is 0. The number of fused-ring (bicyclic) bond motifs is 1. The predicted molar refractivity (Wildman–Crippen MR) is 124 cm³/mol. The van der Waals surface area contributed by atoms with Gasteiger partial charge in [-0.05, 0) is 83.2 Å². The minimum atomic E-state index is -0.611. The highest BCUT2D eigenvalue weighted by atomic mass is 16.3. The Hall–Kier alpha value is -0.640. The molecule has 2 aliphatic carbocycles. The molecule has 0 aromatic heterocycles. The standard InChI is InChI=1S/C26H47NO2/c1-4-6-14-26(3,29)15-11-13-23-24-19-21(18-22(24)20-25(23)28)12-9-8-10-17-27-16-7-5-2/h11,13,18,22-25,27-29H,4-10,12,14-17,19-20H2,1-3H3/b13-11+/t22-,23+,24-,25+,26-/m0/s1. The van der Waals surface area contributed by atoms with Crippen LogP contribution < -0.4 is 5.32 Å². The fourth-order valence-corrected chi connectivity index (χ4v) is 5.13. The van der Waals surface area contributed by atoms with Crippen molar-refractivity contribution in [3.8, 4) is 0 Å². The monoisotopic (exact) mass is 405 g/mol. The van der Waals surface area contributed by atoms with Gasteiger partial charge in [0.15, 0.2) is 0 Å². The van der Waals surface area contributed by atoms with Gasteiger partial charge >= 0.3 is 0 Å². The third-order valence-electron chi connectivity index (χ3n) is 6.99. The van der Waals surface area contributed by atoms with Crippen molar-refractivity contribution in [3.05, 3.63) is 23.8 Å². The second-order valence-electron chi connectivity index (χ2n) is 9.88. The molecule has 0 aromatic rings. The van der Waals surface area contributed by atoms with E-state index >= 15 is 0 Å². The van der Waals surface area contributed by atoms with Crippen LogP contribution in [0.2, 0.25) is 0 Å². The van der Waals surface area contributed by atoms with Crippen LogP contribution >= 0.6 is 0 Å². The van der Waals surface area contributed by atoms with Crippen molar-refractivity contribution < 1.29 is 10.2 Å². The highest BCUT2D eigenvalue weighted by Crippen LogP contribution is 2.48. The van der Waals surface area contributed by atoms with Crippen LogP contribution in [0.4, 0.5) is 0 Å². The van der Waals surface area contributed by atoms with Gasteiger partial charge in [0.2, 0.25) is 0 Å². The van der Waals surface area contributed by atoms with Gasteiger partial charge in [0.1, 0.15) is 0 Å². The summed E-state index contributed by atoms with van der Waals surface area (Å²) < 4.78 is 0. The van der Waals surface area contributed by atoms with Crippen LogP contribution in [0, 0.1) is 17.8 Å². The predicted octanol–water partition coefficient (Wildman–Crippen LogP) is 5.77. The molecule has 0 bridgehead atoms. The summed E-state index contributed by atoms with van der Waals surface area (Å²) in [6.45, 7) is 8.66. The fourth-order valence-electron chi connectivity index (χ4n) is 5.13. The highest BCUT2D eigenvalue weighted by molar-refractivity contribution is 5.20. The van der Waals surface area contributed by atoms with Crippen LogP contribution in [0.25, 0.3) is 0 Å². The van der Waals surface area contributed by atoms with Gasteiger partial charge in [-0.25, -0.2) is 0 Å². The topological polar surface area (TPSA) is 52.5 Å². The molecule has 29 heavy (non-hydrogen) atoms. The molecule has 1 saturated carbocycles. The van der Waals surface area contributed by atoms with E-state index in [1.54, 1.807) is 5.57 Å². The molecule has 1 fully saturated rings. The van der Waals surface area contributed by atoms with Crippen molar-refractivity contribution in [2.45, 2.75) is 110 Å². The molecule has 0 unspecified atom stereocenters. The zero-order valence-electron chi connectivity index (χ0n) is 19.3. The number of rotatable bonds is 15. The van der Waals surface area contributed by atoms with Crippen LogP contribution in [0.5, 0.6) is 0 Å². The van der Waals surface area contributed by atoms with Crippen LogP contribution in [-0.2, 0) is 0 Å². The van der Waals surface area contributed by atoms with Crippen LogP contribution in [0.15, 0.2) is 23.8 Å². The Balaban J connectivity index is 1.68. The van der Waals surface area contributed by atoms with E-state index < -0.39 is 5.60 Å². The number of unbranched alkanes of at least 4 members (excludes halogenated alkanes) is 4. The number of aliphatic hydroxyl groups is 2. The van der Waals surface area contributed by atoms with E-state index in [9.17, 15) is 10.2 Å². The van der Waals surface area contributed by atoms with E-state index in [1.807, 2.05) is 6.92 Å². The lowest BCUT2D eigenvalue weighted by molar-refractivity contribution is 0.0513. The van der Waals surface area contributed by atoms with Crippen LogP contribution in [0.1, 0.15) is 97.8 Å². The average Bonchev–Trinajstić information content (AvgIpc) is 3.19. The molecule has 0 radical (unpaired) electrons. The van der Waals surface area contributed by atoms with E-state index in [2.05, 4.69) is 37.4 Å². The van der Waals surface area contributed by atoms with E-state index in [0.29, 0.717) is 18.3 Å². The first-order chi connectivity index (χ1) is 14.0. The third kappa shape index (κ3) is 8.55. The van der Waals surface area contributed by atoms with Gasteiger partial charge in [0, 0.05) is 5.92 Å². The first-order valence-electron chi connectivity index (χ1n) is 12.4. The van der Waals surface area contributed by atoms with Gasteiger partial charge < -0.3 is 15.5 Å². The van der Waals surface area contributed by atoms with E-state index in [4.69, 9.17) is 0 Å². The van der Waals surface area contributed by atoms with Crippen molar-refractivity contribution in [1.29, 1.82) is 0 Å². The number of nitrogens with one attached hydrogen (secondary N) is 1. The van der Waals surface area contributed by atoms with Crippen LogP contribution in [-0.4, -0.2) is 35.0 Å². The quantitative estimate of drug-likeness (QED) is 0.239. The molecule has 0 spiro atoms. The van der Waals surface area contributed by atoms with Gasteiger partial charge in [-0.2, -0.15) is 0 Å². The molecule has 0 saturated heterocycles. The molecule has 2 rings (SSSR count). The van der Waals surface area contributed by atoms with Gasteiger partial charge in [0.05, 0.1) is 11.7 Å². The summed E-state index contributed by atoms with van der Waals surface area (Å²) >= 11 is 0. The molecule has 0 amide bonds. The number of allylic oxidation sites excluding steroid dienone is 2. The van der Waals surface area contributed by atoms with Gasteiger partial charge in [-0.3, -0.25) is 0 Å². The zero-order chi connectivity index (χ0) is 21.1. The first kappa shape index (κ1) is 24.6. The lowest BCUT2D eigenvalue weighted by Crippen LogP contribution is -2.23. The Morgan fingerprint density at radius 3 is 2.62 bits per heavy atom. The fraction of sp³-hybridized carbons (Fsp3) is 0.846. The minimum Gasteiger partial charge on any atom is -0.392 e. The Kier molecular flexibility index (Phi) is 11.0. The Morgan fingerprint density at radius 2 is 1.86 bits per heavy atom. The van der Waals surface area contributed by atoms with Crippen molar-refractivity contribution in [3.63, 3.8) is 0 Å². The summed E-state index contributed by atoms with van der Waals surface area (Å²) in [5.74, 6) is 1.40. The lowest BCUT2D eigenvalue weighted by atomic mass is 9.87. The second-order valence-corrected chi connectivity index (χ2v) is 9.88. The Morgan fingerprint density at radius 1 is 1.10 bits per heavy atom. The third-order valence-corrected chi connectivity index (χ3v) is 6.99. The first-order valence-corrected chi connectivity index (χ1v) is 12.4. The molecular formula is C26H47NO2. The molecule has 3 heteroatoms. The average molecular weight is 406 g/mol. The molecule has 2 aliphatic rings. The number of hydrogen-bond donors (Lipinski definition) is 3. The van der Waals surface area contributed by atoms with Crippen LogP contribution in [0.3, 0.4) is 0 Å². The summed E-state index contributed by atoms with van der Waals surface area (Å²) in [4.78, 5) is 0. The van der Waals surface area contributed by atoms with Crippen molar-refractivity contribution in [1.82, 2.24) is 5.32 Å². The maximum Gasteiger partial charge on any atom is 0.0654 e. The Bertz CT molecular complexity index is 511. The molecule has 5 atom stereocenters. The van der Waals surface area contributed by atoms with Crippen molar-refractivity contribution >= 4 is 0 Å². The SMILES string of the molecule is CCCCNCCCCCC1=C[C@H]2C[C@@H](O)[C@H](/C=C/C[C@@](C)(O)CCCC)[C@H]2C1. The molecule has 0 aliphatic heterocycles. The second kappa shape index (κ2) is 12.9. The van der Waals surface area contributed by atoms with Gasteiger partial charge in [0.25, 0.3) is 0 Å². The molecular weight excluding hydrogens is 358 g/mol. The number of hydrogen-bond acceptors (Lipinski definition) is 3. The lowest BCUT2D eigenvalue weighted by Gasteiger charge is -2.22. The van der Waals surface area contributed by atoms with E-state index in [0.717, 1.165) is 45.2 Å². The van der Waals surface area contributed by atoms with Crippen molar-refractivity contribution in [2.24, 2.45) is 17.8 Å². The molecule has 168 valence electrons. The van der Waals surface area contributed by atoms with E-state index in [1.165, 1.54) is 38.5 Å². The molecule has 3 N–H and O–H groups in total. The smallest absolute Gasteiger partial charge is 0.0654 e. The summed E-state index contributed by atoms with van der Waals surface area (Å²) in [7, 11) is 0. The highest BCUT2D eigenvalue weighted by Gasteiger charge is 2.43. The minimum absolute atomic E-state index is 0.214. The summed E-state index contributed by atoms with van der Waals surface area (Å²) in [6.07, 6.45) is 20.1. The molecule has 3 nitrogen and oxygen atoms in total. The van der Waals surface area contributed by atoms with Gasteiger partial charge in [-0.1, -0.05) is 63.3 Å². The molecule has 0 aromatic carbocycles. The van der Waals surface area contributed by atoms with E-state index in [-0.39, 0.29) is 12.0 Å². The largest absolute Gasteiger partial charge is 0.392 e. The van der Waals surface area contributed by atoms with Gasteiger partial charge in [-0.15, -0.1) is 0 Å². The number of aliphatic hydroxyl groups excluding tert-OH is 1. The van der Waals surface area contributed by atoms with Crippen molar-refractivity contribution in [2.75, 3.05) is 13.1 Å². The molecule has 0 heterocycles. The summed E-state index contributed by atoms with van der Waals surface area (Å²) in [5, 5.41) is 24.6. The summed E-state index contributed by atoms with van der Waals surface area (Å²) in [5.41, 5.74) is 1.01. The Labute approximate surface area is 180 Å². The maximum absolute atomic E-state index is 10.5.